The lowest BCUT2D eigenvalue weighted by Crippen LogP contribution is -2.14. The number of halogens is 1. The molecule has 162 valence electrons. The first kappa shape index (κ1) is 21.7. The topological polar surface area (TPSA) is 60.9 Å². The number of Topliss-reactive ketones (excluding diaryl/α,β-unsaturated/α-hetero) is 1. The SMILES string of the molecule is Cc1cc(C(=O)Cc2c(F)cccc2C(C)c2ccccc2)n(-c2cccc(CN)c2)n1. The molecule has 0 aliphatic carbocycles. The third-order valence-corrected chi connectivity index (χ3v) is 5.77. The first-order valence-corrected chi connectivity index (χ1v) is 10.7. The molecule has 2 N–H and O–H groups in total. The molecule has 0 aliphatic rings. The monoisotopic (exact) mass is 427 g/mol. The molecule has 1 atom stereocenters. The van der Waals surface area contributed by atoms with Gasteiger partial charge in [-0.25, -0.2) is 9.07 Å². The van der Waals surface area contributed by atoms with Crippen LogP contribution < -0.4 is 5.73 Å². The number of hydrogen-bond acceptors (Lipinski definition) is 3. The Morgan fingerprint density at radius 1 is 1.03 bits per heavy atom. The van der Waals surface area contributed by atoms with Gasteiger partial charge < -0.3 is 5.73 Å². The summed E-state index contributed by atoms with van der Waals surface area (Å²) in [7, 11) is 0. The fourth-order valence-electron chi connectivity index (χ4n) is 4.05. The van der Waals surface area contributed by atoms with E-state index in [9.17, 15) is 9.18 Å². The van der Waals surface area contributed by atoms with Crippen molar-refractivity contribution in [2.75, 3.05) is 0 Å². The Balaban J connectivity index is 1.70. The second kappa shape index (κ2) is 9.28. The zero-order chi connectivity index (χ0) is 22.7. The third kappa shape index (κ3) is 4.39. The van der Waals surface area contributed by atoms with Crippen molar-refractivity contribution in [1.29, 1.82) is 0 Å². The van der Waals surface area contributed by atoms with Gasteiger partial charge in [-0.1, -0.05) is 61.5 Å². The predicted molar refractivity (Wildman–Crippen MR) is 125 cm³/mol. The summed E-state index contributed by atoms with van der Waals surface area (Å²) in [5.41, 5.74) is 10.9. The lowest BCUT2D eigenvalue weighted by molar-refractivity contribution is 0.0984. The molecule has 0 saturated carbocycles. The van der Waals surface area contributed by atoms with Crippen LogP contribution in [0.15, 0.2) is 78.9 Å². The summed E-state index contributed by atoms with van der Waals surface area (Å²) in [4.78, 5) is 13.4. The number of benzene rings is 3. The quantitative estimate of drug-likeness (QED) is 0.404. The minimum atomic E-state index is -0.369. The Hall–Kier alpha value is -3.57. The van der Waals surface area contributed by atoms with Crippen molar-refractivity contribution >= 4 is 5.78 Å². The van der Waals surface area contributed by atoms with E-state index < -0.39 is 0 Å². The van der Waals surface area contributed by atoms with E-state index in [0.29, 0.717) is 17.8 Å². The summed E-state index contributed by atoms with van der Waals surface area (Å²) in [5.74, 6) is -0.593. The molecule has 5 heteroatoms. The summed E-state index contributed by atoms with van der Waals surface area (Å²) in [6, 6.07) is 24.3. The van der Waals surface area contributed by atoms with E-state index in [1.54, 1.807) is 16.8 Å². The number of aryl methyl sites for hydroxylation is 1. The van der Waals surface area contributed by atoms with Crippen LogP contribution in [0.25, 0.3) is 5.69 Å². The van der Waals surface area contributed by atoms with E-state index in [0.717, 1.165) is 28.1 Å². The first-order chi connectivity index (χ1) is 15.5. The van der Waals surface area contributed by atoms with Gasteiger partial charge in [0.2, 0.25) is 0 Å². The second-order valence-electron chi connectivity index (χ2n) is 8.00. The van der Waals surface area contributed by atoms with Crippen molar-refractivity contribution < 1.29 is 9.18 Å². The Morgan fingerprint density at radius 2 is 1.78 bits per heavy atom. The van der Waals surface area contributed by atoms with Crippen LogP contribution in [-0.4, -0.2) is 15.6 Å². The molecule has 0 fully saturated rings. The van der Waals surface area contributed by atoms with Crippen LogP contribution >= 0.6 is 0 Å². The van der Waals surface area contributed by atoms with Crippen molar-refractivity contribution in [3.8, 4) is 5.69 Å². The van der Waals surface area contributed by atoms with Crippen LogP contribution in [0.3, 0.4) is 0 Å². The largest absolute Gasteiger partial charge is 0.326 e. The van der Waals surface area contributed by atoms with Gasteiger partial charge in [-0.2, -0.15) is 5.10 Å². The van der Waals surface area contributed by atoms with Crippen molar-refractivity contribution in [2.45, 2.75) is 32.7 Å². The van der Waals surface area contributed by atoms with Gasteiger partial charge in [0, 0.05) is 18.9 Å². The molecule has 32 heavy (non-hydrogen) atoms. The molecule has 4 rings (SSSR count). The van der Waals surface area contributed by atoms with Crippen molar-refractivity contribution in [2.24, 2.45) is 5.73 Å². The van der Waals surface area contributed by atoms with E-state index in [4.69, 9.17) is 5.73 Å². The maximum atomic E-state index is 14.9. The maximum absolute atomic E-state index is 14.9. The summed E-state index contributed by atoms with van der Waals surface area (Å²) in [6.07, 6.45) is -0.0408. The highest BCUT2D eigenvalue weighted by Gasteiger charge is 2.22. The first-order valence-electron chi connectivity index (χ1n) is 10.7. The lowest BCUT2D eigenvalue weighted by atomic mass is 9.87. The highest BCUT2D eigenvalue weighted by atomic mass is 19.1. The number of rotatable bonds is 7. The highest BCUT2D eigenvalue weighted by molar-refractivity contribution is 5.97. The zero-order valence-corrected chi connectivity index (χ0v) is 18.3. The van der Waals surface area contributed by atoms with Crippen LogP contribution in [0.5, 0.6) is 0 Å². The normalized spacial score (nSPS) is 12.0. The van der Waals surface area contributed by atoms with Crippen molar-refractivity contribution in [1.82, 2.24) is 9.78 Å². The Bertz CT molecular complexity index is 1250. The second-order valence-corrected chi connectivity index (χ2v) is 8.00. The van der Waals surface area contributed by atoms with Gasteiger partial charge in [0.1, 0.15) is 11.5 Å². The lowest BCUT2D eigenvalue weighted by Gasteiger charge is -2.18. The fraction of sp³-hybridized carbons (Fsp3) is 0.185. The van der Waals surface area contributed by atoms with E-state index >= 15 is 0 Å². The van der Waals surface area contributed by atoms with Gasteiger partial charge in [0.05, 0.1) is 11.4 Å². The molecular formula is C27H26FN3O. The average molecular weight is 428 g/mol. The van der Waals surface area contributed by atoms with E-state index in [1.165, 1.54) is 6.07 Å². The number of nitrogens with two attached hydrogens (primary N) is 1. The van der Waals surface area contributed by atoms with E-state index in [-0.39, 0.29) is 23.9 Å². The minimum absolute atomic E-state index is 0.0393. The molecule has 0 aliphatic heterocycles. The Morgan fingerprint density at radius 3 is 2.53 bits per heavy atom. The average Bonchev–Trinajstić information content (AvgIpc) is 3.22. The maximum Gasteiger partial charge on any atom is 0.185 e. The fourth-order valence-corrected chi connectivity index (χ4v) is 4.05. The molecular weight excluding hydrogens is 401 g/mol. The third-order valence-electron chi connectivity index (χ3n) is 5.77. The summed E-state index contributed by atoms with van der Waals surface area (Å²) >= 11 is 0. The molecule has 1 heterocycles. The standard InChI is InChI=1S/C27H26FN3O/c1-18-14-26(31(30-18)22-11-6-8-20(15-22)17-29)27(32)16-24-23(12-7-13-25(24)28)19(2)21-9-4-3-5-10-21/h3-15,19H,16-17,29H2,1-2H3. The highest BCUT2D eigenvalue weighted by Crippen LogP contribution is 2.29. The van der Waals surface area contributed by atoms with Crippen LogP contribution in [-0.2, 0) is 13.0 Å². The zero-order valence-electron chi connectivity index (χ0n) is 18.3. The smallest absolute Gasteiger partial charge is 0.185 e. The minimum Gasteiger partial charge on any atom is -0.326 e. The molecule has 0 spiro atoms. The van der Waals surface area contributed by atoms with Crippen LogP contribution in [0, 0.1) is 12.7 Å². The number of carbonyl (C=O) groups is 1. The van der Waals surface area contributed by atoms with Gasteiger partial charge >= 0.3 is 0 Å². The molecule has 4 aromatic rings. The molecule has 0 radical (unpaired) electrons. The van der Waals surface area contributed by atoms with Crippen molar-refractivity contribution in [3.63, 3.8) is 0 Å². The summed E-state index contributed by atoms with van der Waals surface area (Å²) in [5, 5.41) is 4.51. The number of nitrogens with zero attached hydrogens (tertiary/aromatic N) is 2. The number of hydrogen-bond donors (Lipinski definition) is 1. The Kier molecular flexibility index (Phi) is 6.28. The molecule has 0 amide bonds. The van der Waals surface area contributed by atoms with Crippen LogP contribution in [0.4, 0.5) is 4.39 Å². The predicted octanol–water partition coefficient (Wildman–Crippen LogP) is 5.36. The van der Waals surface area contributed by atoms with Gasteiger partial charge in [0.25, 0.3) is 0 Å². The molecule has 0 bridgehead atoms. The molecule has 1 unspecified atom stereocenters. The van der Waals surface area contributed by atoms with Crippen LogP contribution in [0.2, 0.25) is 0 Å². The number of carbonyl (C=O) groups excluding carboxylic acids is 1. The number of ketones is 1. The van der Waals surface area contributed by atoms with Gasteiger partial charge in [0.15, 0.2) is 5.78 Å². The summed E-state index contributed by atoms with van der Waals surface area (Å²) in [6.45, 7) is 4.27. The van der Waals surface area contributed by atoms with Crippen LogP contribution in [0.1, 0.15) is 51.3 Å². The van der Waals surface area contributed by atoms with Crippen molar-refractivity contribution in [3.05, 3.63) is 118 Å². The molecule has 4 nitrogen and oxygen atoms in total. The number of aromatic nitrogens is 2. The summed E-state index contributed by atoms with van der Waals surface area (Å²) < 4.78 is 16.6. The molecule has 3 aromatic carbocycles. The van der Waals surface area contributed by atoms with Gasteiger partial charge in [-0.05, 0) is 53.4 Å². The van der Waals surface area contributed by atoms with Gasteiger partial charge in [-0.3, -0.25) is 4.79 Å². The van der Waals surface area contributed by atoms with E-state index in [2.05, 4.69) is 5.10 Å². The van der Waals surface area contributed by atoms with E-state index in [1.807, 2.05) is 74.5 Å². The molecule has 1 aromatic heterocycles. The Labute approximate surface area is 187 Å². The van der Waals surface area contributed by atoms with Gasteiger partial charge in [-0.15, -0.1) is 0 Å². The molecule has 0 saturated heterocycles.